The van der Waals surface area contributed by atoms with Gasteiger partial charge in [0.05, 0.1) is 5.88 Å². The summed E-state index contributed by atoms with van der Waals surface area (Å²) in [7, 11) is 0. The average molecular weight is 194 g/mol. The van der Waals surface area contributed by atoms with E-state index in [1.54, 1.807) is 0 Å². The van der Waals surface area contributed by atoms with E-state index in [0.29, 0.717) is 5.88 Å². The Kier molecular flexibility index (Phi) is 3.22. The maximum Gasteiger partial charge on any atom is 0.0839 e. The summed E-state index contributed by atoms with van der Waals surface area (Å²) >= 11 is 5.48. The van der Waals surface area contributed by atoms with Gasteiger partial charge in [-0.05, 0) is 37.1 Å². The van der Waals surface area contributed by atoms with Crippen LogP contribution in [0.25, 0.3) is 0 Å². The van der Waals surface area contributed by atoms with Crippen molar-refractivity contribution in [3.8, 4) is 11.8 Å². The normalized spacial score (nSPS) is 9.15. The number of alkyl halides is 1. The Morgan fingerprint density at radius 3 is 2.62 bits per heavy atom. The van der Waals surface area contributed by atoms with E-state index in [-0.39, 0.29) is 0 Å². The molecule has 13 heavy (non-hydrogen) atoms. The highest BCUT2D eigenvalue weighted by atomic mass is 35.5. The van der Waals surface area contributed by atoms with Gasteiger partial charge < -0.3 is 5.73 Å². The number of nitrogen functional groups attached to an aromatic ring is 1. The van der Waals surface area contributed by atoms with Gasteiger partial charge in [0.15, 0.2) is 0 Å². The second-order valence-corrected chi connectivity index (χ2v) is 3.23. The molecule has 2 N–H and O–H groups in total. The molecule has 1 nitrogen and oxygen atoms in total. The molecule has 1 aromatic carbocycles. The van der Waals surface area contributed by atoms with E-state index in [1.165, 1.54) is 0 Å². The Morgan fingerprint density at radius 1 is 1.31 bits per heavy atom. The topological polar surface area (TPSA) is 26.0 Å². The van der Waals surface area contributed by atoms with Crippen LogP contribution < -0.4 is 5.73 Å². The largest absolute Gasteiger partial charge is 0.399 e. The van der Waals surface area contributed by atoms with Crippen LogP contribution in [0.1, 0.15) is 16.7 Å². The number of nitrogens with two attached hydrogens (primary N) is 1. The van der Waals surface area contributed by atoms with Crippen LogP contribution >= 0.6 is 11.6 Å². The molecule has 1 rings (SSSR count). The molecule has 0 atom stereocenters. The number of aryl methyl sites for hydroxylation is 2. The number of halogens is 1. The lowest BCUT2D eigenvalue weighted by atomic mass is 10.0. The van der Waals surface area contributed by atoms with Crippen LogP contribution in [0.15, 0.2) is 12.1 Å². The van der Waals surface area contributed by atoms with Gasteiger partial charge in [-0.3, -0.25) is 0 Å². The summed E-state index contributed by atoms with van der Waals surface area (Å²) in [6, 6.07) is 3.93. The molecule has 1 aromatic rings. The third-order valence-corrected chi connectivity index (χ3v) is 2.04. The van der Waals surface area contributed by atoms with E-state index in [4.69, 9.17) is 17.3 Å². The van der Waals surface area contributed by atoms with Gasteiger partial charge in [0, 0.05) is 11.3 Å². The number of anilines is 1. The summed E-state index contributed by atoms with van der Waals surface area (Å²) in [4.78, 5) is 0. The Labute approximate surface area is 83.9 Å². The Balaban J connectivity index is 3.16. The second kappa shape index (κ2) is 4.20. The molecule has 0 aliphatic rings. The van der Waals surface area contributed by atoms with Crippen LogP contribution in [0.2, 0.25) is 0 Å². The van der Waals surface area contributed by atoms with Gasteiger partial charge in [0.25, 0.3) is 0 Å². The maximum atomic E-state index is 5.74. The first kappa shape index (κ1) is 9.95. The molecule has 0 amide bonds. The van der Waals surface area contributed by atoms with Crippen molar-refractivity contribution in [2.24, 2.45) is 0 Å². The number of hydrogen-bond donors (Lipinski definition) is 1. The molecule has 68 valence electrons. The molecule has 0 fully saturated rings. The van der Waals surface area contributed by atoms with E-state index >= 15 is 0 Å². The van der Waals surface area contributed by atoms with E-state index in [9.17, 15) is 0 Å². The zero-order chi connectivity index (χ0) is 9.84. The molecular weight excluding hydrogens is 182 g/mol. The fourth-order valence-electron chi connectivity index (χ4n) is 1.10. The predicted molar refractivity (Wildman–Crippen MR) is 57.9 cm³/mol. The fourth-order valence-corrected chi connectivity index (χ4v) is 1.17. The number of rotatable bonds is 0. The summed E-state index contributed by atoms with van der Waals surface area (Å²) in [5, 5.41) is 0. The molecule has 0 spiro atoms. The monoisotopic (exact) mass is 193 g/mol. The number of benzene rings is 1. The van der Waals surface area contributed by atoms with Gasteiger partial charge in [0.1, 0.15) is 0 Å². The molecule has 0 bridgehead atoms. The van der Waals surface area contributed by atoms with Gasteiger partial charge in [0.2, 0.25) is 0 Å². The van der Waals surface area contributed by atoms with E-state index < -0.39 is 0 Å². The smallest absolute Gasteiger partial charge is 0.0839 e. The lowest BCUT2D eigenvalue weighted by Gasteiger charge is -2.03. The van der Waals surface area contributed by atoms with Gasteiger partial charge in [-0.1, -0.05) is 11.8 Å². The van der Waals surface area contributed by atoms with Crippen LogP contribution in [-0.4, -0.2) is 5.88 Å². The molecule has 0 aromatic heterocycles. The van der Waals surface area contributed by atoms with E-state index in [1.807, 2.05) is 26.0 Å². The summed E-state index contributed by atoms with van der Waals surface area (Å²) in [5.41, 5.74) is 9.72. The molecule has 0 saturated heterocycles. The van der Waals surface area contributed by atoms with E-state index in [0.717, 1.165) is 22.4 Å². The first-order valence-electron chi connectivity index (χ1n) is 4.06. The Morgan fingerprint density at radius 2 is 2.00 bits per heavy atom. The summed E-state index contributed by atoms with van der Waals surface area (Å²) in [5.74, 6) is 6.18. The van der Waals surface area contributed by atoms with E-state index in [2.05, 4.69) is 11.8 Å². The van der Waals surface area contributed by atoms with Crippen molar-refractivity contribution >= 4 is 17.3 Å². The highest BCUT2D eigenvalue weighted by Gasteiger charge is 1.98. The summed E-state index contributed by atoms with van der Waals surface area (Å²) < 4.78 is 0. The van der Waals surface area contributed by atoms with Crippen LogP contribution in [-0.2, 0) is 0 Å². The fraction of sp³-hybridized carbons (Fsp3) is 0.273. The minimum atomic E-state index is 0.364. The highest BCUT2D eigenvalue weighted by molar-refractivity contribution is 6.19. The van der Waals surface area contributed by atoms with Crippen molar-refractivity contribution in [1.29, 1.82) is 0 Å². The van der Waals surface area contributed by atoms with Crippen molar-refractivity contribution in [2.75, 3.05) is 11.6 Å². The van der Waals surface area contributed by atoms with Crippen LogP contribution in [0.4, 0.5) is 5.69 Å². The lowest BCUT2D eigenvalue weighted by molar-refractivity contribution is 1.37. The van der Waals surface area contributed by atoms with Crippen LogP contribution in [0.3, 0.4) is 0 Å². The molecule has 0 aliphatic carbocycles. The Bertz CT molecular complexity index is 372. The van der Waals surface area contributed by atoms with Crippen molar-refractivity contribution in [1.82, 2.24) is 0 Å². The first-order valence-corrected chi connectivity index (χ1v) is 4.60. The molecule has 0 unspecified atom stereocenters. The van der Waals surface area contributed by atoms with Gasteiger partial charge >= 0.3 is 0 Å². The molecule has 0 heterocycles. The minimum absolute atomic E-state index is 0.364. The molecule has 0 radical (unpaired) electrons. The molecular formula is C11H12ClN. The third-order valence-electron chi connectivity index (χ3n) is 1.90. The third kappa shape index (κ3) is 2.40. The first-order chi connectivity index (χ1) is 6.15. The minimum Gasteiger partial charge on any atom is -0.399 e. The van der Waals surface area contributed by atoms with Gasteiger partial charge in [-0.15, -0.1) is 11.6 Å². The zero-order valence-electron chi connectivity index (χ0n) is 7.82. The maximum absolute atomic E-state index is 5.74. The molecule has 2 heteroatoms. The number of hydrogen-bond acceptors (Lipinski definition) is 1. The van der Waals surface area contributed by atoms with Crippen LogP contribution in [0, 0.1) is 25.7 Å². The zero-order valence-corrected chi connectivity index (χ0v) is 8.57. The van der Waals surface area contributed by atoms with Crippen molar-refractivity contribution in [2.45, 2.75) is 13.8 Å². The lowest BCUT2D eigenvalue weighted by Crippen LogP contribution is -1.93. The van der Waals surface area contributed by atoms with Crippen LogP contribution in [0.5, 0.6) is 0 Å². The summed E-state index contributed by atoms with van der Waals surface area (Å²) in [6.07, 6.45) is 0. The van der Waals surface area contributed by atoms with Crippen molar-refractivity contribution < 1.29 is 0 Å². The predicted octanol–water partition coefficient (Wildman–Crippen LogP) is 2.48. The standard InChI is InChI=1S/C11H12ClN/c1-8-7-11(13)9(2)6-10(8)4-3-5-12/h6-7H,5,13H2,1-2H3. The van der Waals surface area contributed by atoms with Crippen molar-refractivity contribution in [3.63, 3.8) is 0 Å². The van der Waals surface area contributed by atoms with Gasteiger partial charge in [-0.2, -0.15) is 0 Å². The molecule has 0 saturated carbocycles. The van der Waals surface area contributed by atoms with Gasteiger partial charge in [-0.25, -0.2) is 0 Å². The Hall–Kier alpha value is -1.13. The second-order valence-electron chi connectivity index (χ2n) is 2.96. The average Bonchev–Trinajstić information content (AvgIpc) is 2.09. The SMILES string of the molecule is Cc1cc(C#CCCl)c(C)cc1N. The highest BCUT2D eigenvalue weighted by Crippen LogP contribution is 2.16. The molecule has 0 aliphatic heterocycles. The van der Waals surface area contributed by atoms with Crippen molar-refractivity contribution in [3.05, 3.63) is 28.8 Å². The quantitative estimate of drug-likeness (QED) is 0.383. The summed E-state index contributed by atoms with van der Waals surface area (Å²) in [6.45, 7) is 3.97.